The summed E-state index contributed by atoms with van der Waals surface area (Å²) in [5.74, 6) is -2.06. The molecule has 0 N–H and O–H groups in total. The summed E-state index contributed by atoms with van der Waals surface area (Å²) in [5, 5.41) is 0. The quantitative estimate of drug-likeness (QED) is 0.310. The van der Waals surface area contributed by atoms with E-state index in [0.29, 0.717) is 19.8 Å². The van der Waals surface area contributed by atoms with Gasteiger partial charge < -0.3 is 28.4 Å². The summed E-state index contributed by atoms with van der Waals surface area (Å²) in [7, 11) is 0. The molecule has 0 aliphatic carbocycles. The highest BCUT2D eigenvalue weighted by Gasteiger charge is 2.45. The van der Waals surface area contributed by atoms with Crippen LogP contribution >= 0.6 is 0 Å². The fourth-order valence-electron chi connectivity index (χ4n) is 3.42. The molecule has 3 fully saturated rings. The van der Waals surface area contributed by atoms with Gasteiger partial charge in [-0.1, -0.05) is 0 Å². The van der Waals surface area contributed by atoms with E-state index in [0.717, 1.165) is 0 Å². The number of carbonyl (C=O) groups is 3. The molecule has 3 unspecified atom stereocenters. The van der Waals surface area contributed by atoms with Gasteiger partial charge in [0.15, 0.2) is 0 Å². The second-order valence-corrected chi connectivity index (χ2v) is 10.2. The number of ether oxygens (including phenoxy) is 6. The van der Waals surface area contributed by atoms with Crippen molar-refractivity contribution in [1.82, 2.24) is 0 Å². The number of esters is 3. The molecule has 3 saturated heterocycles. The van der Waals surface area contributed by atoms with Crippen LogP contribution in [0.5, 0.6) is 0 Å². The van der Waals surface area contributed by atoms with Crippen molar-refractivity contribution >= 4 is 17.9 Å². The molecule has 33 heavy (non-hydrogen) atoms. The smallest absolute Gasteiger partial charge is 0.338 e. The van der Waals surface area contributed by atoms with Crippen molar-refractivity contribution in [2.24, 2.45) is 0 Å². The highest BCUT2D eigenvalue weighted by molar-refractivity contribution is 6.00. The summed E-state index contributed by atoms with van der Waals surface area (Å²) in [4.78, 5) is 38.8. The second-order valence-electron chi connectivity index (χ2n) is 10.2. The van der Waals surface area contributed by atoms with E-state index >= 15 is 0 Å². The van der Waals surface area contributed by atoms with Crippen LogP contribution in [-0.2, 0) is 28.4 Å². The van der Waals surface area contributed by atoms with Crippen LogP contribution in [0.3, 0.4) is 0 Å². The van der Waals surface area contributed by atoms with Crippen LogP contribution in [0.15, 0.2) is 18.2 Å². The molecular formula is C24H30O9. The molecule has 180 valence electrons. The first kappa shape index (κ1) is 23.7. The van der Waals surface area contributed by atoms with E-state index in [1.807, 2.05) is 0 Å². The summed E-state index contributed by atoms with van der Waals surface area (Å²) < 4.78 is 32.6. The lowest BCUT2D eigenvalue weighted by molar-refractivity contribution is -0.0133. The van der Waals surface area contributed by atoms with Gasteiger partial charge in [0.05, 0.1) is 36.5 Å². The van der Waals surface area contributed by atoms with Gasteiger partial charge in [-0.15, -0.1) is 0 Å². The molecule has 0 amide bonds. The third-order valence-electron chi connectivity index (χ3n) is 6.03. The number of benzene rings is 1. The Labute approximate surface area is 192 Å². The highest BCUT2D eigenvalue weighted by Crippen LogP contribution is 2.32. The molecule has 3 aliphatic rings. The molecule has 3 heterocycles. The first-order valence-corrected chi connectivity index (χ1v) is 11.0. The summed E-state index contributed by atoms with van der Waals surface area (Å²) in [6.45, 7) is 12.0. The molecule has 0 aromatic heterocycles. The van der Waals surface area contributed by atoms with E-state index < -0.39 is 34.7 Å². The first-order valence-electron chi connectivity index (χ1n) is 11.0. The van der Waals surface area contributed by atoms with E-state index in [1.165, 1.54) is 18.2 Å². The van der Waals surface area contributed by atoms with Crippen LogP contribution in [0.1, 0.15) is 72.6 Å². The van der Waals surface area contributed by atoms with Crippen LogP contribution in [0.25, 0.3) is 0 Å². The second kappa shape index (κ2) is 8.07. The largest absolute Gasteiger partial charge is 0.453 e. The van der Waals surface area contributed by atoms with Crippen molar-refractivity contribution in [3.63, 3.8) is 0 Å². The van der Waals surface area contributed by atoms with Gasteiger partial charge in [-0.2, -0.15) is 0 Å². The van der Waals surface area contributed by atoms with E-state index in [4.69, 9.17) is 28.4 Å². The summed E-state index contributed by atoms with van der Waals surface area (Å²) in [6.07, 6.45) is -0.590. The van der Waals surface area contributed by atoms with Crippen molar-refractivity contribution in [3.05, 3.63) is 34.9 Å². The molecule has 1 aromatic rings. The standard InChI is InChI=1S/C24H30O9/c1-22(2,16-10-28-16)31-19(25)13-7-14(20(26)32-23(3,4)17-11-29-17)9-15(8-13)21(27)33-24(5,6)18-12-30-18/h7-9,16-18H,10-12H2,1-6H3. The van der Waals surface area contributed by atoms with Crippen molar-refractivity contribution in [2.75, 3.05) is 19.8 Å². The average Bonchev–Trinajstić information content (AvgIpc) is 3.59. The molecule has 0 bridgehead atoms. The van der Waals surface area contributed by atoms with Gasteiger partial charge in [0.25, 0.3) is 0 Å². The molecule has 9 heteroatoms. The molecule has 4 rings (SSSR count). The predicted octanol–water partition coefficient (Wildman–Crippen LogP) is 2.69. The Morgan fingerprint density at radius 2 is 0.818 bits per heavy atom. The first-order chi connectivity index (χ1) is 15.3. The Morgan fingerprint density at radius 1 is 0.606 bits per heavy atom. The highest BCUT2D eigenvalue weighted by atomic mass is 16.6. The zero-order chi connectivity index (χ0) is 24.2. The van der Waals surface area contributed by atoms with Crippen molar-refractivity contribution in [3.8, 4) is 0 Å². The Bertz CT molecular complexity index is 830. The van der Waals surface area contributed by atoms with Gasteiger partial charge in [-0.25, -0.2) is 14.4 Å². The van der Waals surface area contributed by atoms with Crippen LogP contribution in [0.2, 0.25) is 0 Å². The van der Waals surface area contributed by atoms with Gasteiger partial charge in [-0.05, 0) is 59.7 Å². The average molecular weight is 462 g/mol. The van der Waals surface area contributed by atoms with Crippen LogP contribution < -0.4 is 0 Å². The molecule has 0 radical (unpaired) electrons. The van der Waals surface area contributed by atoms with E-state index in [9.17, 15) is 14.4 Å². The van der Waals surface area contributed by atoms with Gasteiger partial charge in [0, 0.05) is 0 Å². The number of hydrogen-bond acceptors (Lipinski definition) is 9. The Kier molecular flexibility index (Phi) is 5.79. The minimum atomic E-state index is -0.856. The van der Waals surface area contributed by atoms with E-state index in [1.54, 1.807) is 41.5 Å². The monoisotopic (exact) mass is 462 g/mol. The Balaban J connectivity index is 1.60. The molecule has 0 spiro atoms. The maximum atomic E-state index is 12.9. The topological polar surface area (TPSA) is 116 Å². The summed E-state index contributed by atoms with van der Waals surface area (Å²) >= 11 is 0. The fourth-order valence-corrected chi connectivity index (χ4v) is 3.42. The number of epoxide rings is 3. The predicted molar refractivity (Wildman–Crippen MR) is 114 cm³/mol. The third kappa shape index (κ3) is 5.54. The lowest BCUT2D eigenvalue weighted by Gasteiger charge is -2.25. The van der Waals surface area contributed by atoms with Gasteiger partial charge in [-0.3, -0.25) is 0 Å². The third-order valence-corrected chi connectivity index (χ3v) is 6.03. The maximum absolute atomic E-state index is 12.9. The van der Waals surface area contributed by atoms with Gasteiger partial charge in [0.2, 0.25) is 0 Å². The fraction of sp³-hybridized carbons (Fsp3) is 0.625. The lowest BCUT2D eigenvalue weighted by atomic mass is 10.0. The minimum Gasteiger partial charge on any atom is -0.453 e. The van der Waals surface area contributed by atoms with Gasteiger partial charge >= 0.3 is 17.9 Å². The molecule has 3 aliphatic heterocycles. The Hall–Kier alpha value is -2.49. The minimum absolute atomic E-state index is 0.0334. The molecule has 9 nitrogen and oxygen atoms in total. The molecule has 0 saturated carbocycles. The summed E-state index contributed by atoms with van der Waals surface area (Å²) in [5.41, 5.74) is -2.47. The number of hydrogen-bond donors (Lipinski definition) is 0. The SMILES string of the molecule is CC(C)(OC(=O)c1cc(C(=O)OC(C)(C)C2CO2)cc(C(=O)OC(C)(C)C2CO2)c1)C1CO1. The zero-order valence-electron chi connectivity index (χ0n) is 19.8. The lowest BCUT2D eigenvalue weighted by Crippen LogP contribution is -2.35. The zero-order valence-corrected chi connectivity index (χ0v) is 19.8. The number of carbonyl (C=O) groups excluding carboxylic acids is 3. The van der Waals surface area contributed by atoms with E-state index in [2.05, 4.69) is 0 Å². The molecule has 1 aromatic carbocycles. The number of rotatable bonds is 9. The summed E-state index contributed by atoms with van der Waals surface area (Å²) in [6, 6.07) is 4.05. The normalized spacial score (nSPS) is 24.0. The van der Waals surface area contributed by atoms with Crippen LogP contribution in [0.4, 0.5) is 0 Å². The van der Waals surface area contributed by atoms with Crippen molar-refractivity contribution in [1.29, 1.82) is 0 Å². The molecular weight excluding hydrogens is 432 g/mol. The van der Waals surface area contributed by atoms with Crippen molar-refractivity contribution < 1.29 is 42.8 Å². The van der Waals surface area contributed by atoms with Gasteiger partial charge in [0.1, 0.15) is 35.1 Å². The molecule has 3 atom stereocenters. The van der Waals surface area contributed by atoms with Crippen molar-refractivity contribution in [2.45, 2.75) is 76.7 Å². The van der Waals surface area contributed by atoms with Crippen LogP contribution in [0, 0.1) is 0 Å². The Morgan fingerprint density at radius 3 is 1.00 bits per heavy atom. The van der Waals surface area contributed by atoms with Crippen LogP contribution in [-0.4, -0.2) is 72.8 Å². The van der Waals surface area contributed by atoms with E-state index in [-0.39, 0.29) is 35.0 Å². The maximum Gasteiger partial charge on any atom is 0.338 e.